The van der Waals surface area contributed by atoms with Gasteiger partial charge in [0.25, 0.3) is 0 Å². The molecule has 0 aromatic rings. The lowest BCUT2D eigenvalue weighted by atomic mass is 9.82. The van der Waals surface area contributed by atoms with E-state index in [9.17, 15) is 0 Å². The summed E-state index contributed by atoms with van der Waals surface area (Å²) in [6.07, 6.45) is 11.2. The van der Waals surface area contributed by atoms with Crippen LogP contribution < -0.4 is 0 Å². The van der Waals surface area contributed by atoms with Gasteiger partial charge in [-0.25, -0.2) is 0 Å². The zero-order chi connectivity index (χ0) is 7.68. The first kappa shape index (κ1) is 7.39. The summed E-state index contributed by atoms with van der Waals surface area (Å²) in [5.74, 6) is 2.02. The van der Waals surface area contributed by atoms with Crippen molar-refractivity contribution in [2.75, 3.05) is 0 Å². The number of rotatable bonds is 1. The summed E-state index contributed by atoms with van der Waals surface area (Å²) in [6.45, 7) is 2.33. The second-order valence-corrected chi connectivity index (χ2v) is 4.11. The van der Waals surface area contributed by atoms with E-state index in [0.29, 0.717) is 0 Å². The Morgan fingerprint density at radius 1 is 1.55 bits per heavy atom. The largest absolute Gasteiger partial charge is 0.0848 e. The number of fused-ring (bicyclic) bond motifs is 1. The quantitative estimate of drug-likeness (QED) is 0.502. The van der Waals surface area contributed by atoms with Crippen molar-refractivity contribution in [3.8, 4) is 0 Å². The van der Waals surface area contributed by atoms with Crippen molar-refractivity contribution in [2.45, 2.75) is 45.4 Å². The molecule has 0 amide bonds. The van der Waals surface area contributed by atoms with Crippen molar-refractivity contribution in [1.29, 1.82) is 0 Å². The molecule has 2 atom stereocenters. The molecule has 0 spiro atoms. The molecule has 0 heteroatoms. The van der Waals surface area contributed by atoms with Crippen LogP contribution in [0.5, 0.6) is 0 Å². The Hall–Kier alpha value is -0.260. The zero-order valence-corrected chi connectivity index (χ0v) is 7.47. The third kappa shape index (κ3) is 1.36. The Morgan fingerprint density at radius 2 is 2.45 bits per heavy atom. The van der Waals surface area contributed by atoms with Crippen molar-refractivity contribution in [3.63, 3.8) is 0 Å². The first-order valence-corrected chi connectivity index (χ1v) is 5.09. The molecule has 0 N–H and O–H groups in total. The smallest absolute Gasteiger partial charge is 0.0200 e. The first-order chi connectivity index (χ1) is 5.40. The normalized spacial score (nSPS) is 36.6. The summed E-state index contributed by atoms with van der Waals surface area (Å²) < 4.78 is 0. The Bertz CT molecular complexity index is 167. The molecule has 62 valence electrons. The minimum atomic E-state index is 1.01. The molecule has 0 bridgehead atoms. The standard InChI is InChI=1S/C11H18/c1-2-9-6-7-10-4-3-5-11(10)8-9/h7,9,11H,2-6,8H2,1H3. The second kappa shape index (κ2) is 3.00. The van der Waals surface area contributed by atoms with E-state index in [1.807, 2.05) is 0 Å². The topological polar surface area (TPSA) is 0 Å². The fourth-order valence-corrected chi connectivity index (χ4v) is 2.63. The van der Waals surface area contributed by atoms with Gasteiger partial charge in [-0.15, -0.1) is 0 Å². The molecule has 1 saturated carbocycles. The van der Waals surface area contributed by atoms with Crippen LogP contribution in [0.3, 0.4) is 0 Å². The molecule has 0 aromatic heterocycles. The van der Waals surface area contributed by atoms with Gasteiger partial charge in [-0.2, -0.15) is 0 Å². The lowest BCUT2D eigenvalue weighted by Crippen LogP contribution is -2.11. The van der Waals surface area contributed by atoms with E-state index in [1.54, 1.807) is 5.57 Å². The van der Waals surface area contributed by atoms with Crippen molar-refractivity contribution in [1.82, 2.24) is 0 Å². The number of allylic oxidation sites excluding steroid dienone is 2. The molecule has 0 heterocycles. The molecule has 0 saturated heterocycles. The molecular weight excluding hydrogens is 132 g/mol. The van der Waals surface area contributed by atoms with Crippen LogP contribution in [0.4, 0.5) is 0 Å². The van der Waals surface area contributed by atoms with Crippen molar-refractivity contribution < 1.29 is 0 Å². The molecule has 2 rings (SSSR count). The third-order valence-electron chi connectivity index (χ3n) is 3.45. The predicted molar refractivity (Wildman–Crippen MR) is 48.4 cm³/mol. The molecule has 2 unspecified atom stereocenters. The summed E-state index contributed by atoms with van der Waals surface area (Å²) in [7, 11) is 0. The highest BCUT2D eigenvalue weighted by atomic mass is 14.3. The molecule has 0 aliphatic heterocycles. The van der Waals surface area contributed by atoms with E-state index in [0.717, 1.165) is 11.8 Å². The van der Waals surface area contributed by atoms with E-state index in [4.69, 9.17) is 0 Å². The van der Waals surface area contributed by atoms with Crippen LogP contribution in [0.15, 0.2) is 11.6 Å². The Morgan fingerprint density at radius 3 is 3.27 bits per heavy atom. The summed E-state index contributed by atoms with van der Waals surface area (Å²) in [4.78, 5) is 0. The molecule has 0 aromatic carbocycles. The van der Waals surface area contributed by atoms with Crippen LogP contribution in [-0.4, -0.2) is 0 Å². The highest BCUT2D eigenvalue weighted by Crippen LogP contribution is 2.41. The fourth-order valence-electron chi connectivity index (χ4n) is 2.63. The maximum absolute atomic E-state index is 2.54. The Balaban J connectivity index is 2.04. The lowest BCUT2D eigenvalue weighted by molar-refractivity contribution is 0.380. The van der Waals surface area contributed by atoms with Gasteiger partial charge in [0.05, 0.1) is 0 Å². The summed E-state index contributed by atoms with van der Waals surface area (Å²) >= 11 is 0. The van der Waals surface area contributed by atoms with Crippen molar-refractivity contribution >= 4 is 0 Å². The average molecular weight is 150 g/mol. The highest BCUT2D eigenvalue weighted by molar-refractivity contribution is 5.14. The molecule has 1 fully saturated rings. The number of hydrogen-bond acceptors (Lipinski definition) is 0. The summed E-state index contributed by atoms with van der Waals surface area (Å²) in [5.41, 5.74) is 1.80. The maximum atomic E-state index is 2.54. The predicted octanol–water partition coefficient (Wildman–Crippen LogP) is 3.53. The van der Waals surface area contributed by atoms with Crippen LogP contribution in [-0.2, 0) is 0 Å². The van der Waals surface area contributed by atoms with E-state index >= 15 is 0 Å². The van der Waals surface area contributed by atoms with Crippen LogP contribution in [0.1, 0.15) is 45.4 Å². The van der Waals surface area contributed by atoms with Crippen molar-refractivity contribution in [3.05, 3.63) is 11.6 Å². The van der Waals surface area contributed by atoms with Crippen LogP contribution in [0.25, 0.3) is 0 Å². The first-order valence-electron chi connectivity index (χ1n) is 5.09. The molecule has 2 aliphatic rings. The lowest BCUT2D eigenvalue weighted by Gasteiger charge is -2.24. The van der Waals surface area contributed by atoms with E-state index in [-0.39, 0.29) is 0 Å². The minimum Gasteiger partial charge on any atom is -0.0848 e. The van der Waals surface area contributed by atoms with Gasteiger partial charge in [-0.1, -0.05) is 25.0 Å². The van der Waals surface area contributed by atoms with Crippen LogP contribution in [0.2, 0.25) is 0 Å². The molecule has 0 radical (unpaired) electrons. The molecular formula is C11H18. The summed E-state index contributed by atoms with van der Waals surface area (Å²) in [5, 5.41) is 0. The van der Waals surface area contributed by atoms with E-state index in [1.165, 1.54) is 38.5 Å². The summed E-state index contributed by atoms with van der Waals surface area (Å²) in [6, 6.07) is 0. The monoisotopic (exact) mass is 150 g/mol. The van der Waals surface area contributed by atoms with Gasteiger partial charge in [0, 0.05) is 0 Å². The molecule has 0 nitrogen and oxygen atoms in total. The average Bonchev–Trinajstić information content (AvgIpc) is 2.50. The zero-order valence-electron chi connectivity index (χ0n) is 7.47. The van der Waals surface area contributed by atoms with Gasteiger partial charge in [0.15, 0.2) is 0 Å². The minimum absolute atomic E-state index is 1.01. The molecule has 11 heavy (non-hydrogen) atoms. The van der Waals surface area contributed by atoms with Crippen molar-refractivity contribution in [2.24, 2.45) is 11.8 Å². The van der Waals surface area contributed by atoms with E-state index in [2.05, 4.69) is 13.0 Å². The Labute approximate surface area is 69.7 Å². The fraction of sp³-hybridized carbons (Fsp3) is 0.818. The van der Waals surface area contributed by atoms with Gasteiger partial charge in [-0.05, 0) is 43.9 Å². The SMILES string of the molecule is CCC1CC=C2CCCC2C1. The van der Waals surface area contributed by atoms with Gasteiger partial charge in [-0.3, -0.25) is 0 Å². The Kier molecular flexibility index (Phi) is 2.02. The van der Waals surface area contributed by atoms with Gasteiger partial charge in [0.2, 0.25) is 0 Å². The van der Waals surface area contributed by atoms with Crippen LogP contribution in [0, 0.1) is 11.8 Å². The van der Waals surface area contributed by atoms with Crippen LogP contribution >= 0.6 is 0 Å². The maximum Gasteiger partial charge on any atom is -0.0200 e. The molecule has 2 aliphatic carbocycles. The van der Waals surface area contributed by atoms with Gasteiger partial charge in [0.1, 0.15) is 0 Å². The second-order valence-electron chi connectivity index (χ2n) is 4.11. The highest BCUT2D eigenvalue weighted by Gasteiger charge is 2.26. The number of hydrogen-bond donors (Lipinski definition) is 0. The van der Waals surface area contributed by atoms with E-state index < -0.39 is 0 Å². The third-order valence-corrected chi connectivity index (χ3v) is 3.45. The van der Waals surface area contributed by atoms with Gasteiger partial charge >= 0.3 is 0 Å². The van der Waals surface area contributed by atoms with Gasteiger partial charge < -0.3 is 0 Å².